The van der Waals surface area contributed by atoms with Gasteiger partial charge in [-0.15, -0.1) is 0 Å². The monoisotopic (exact) mass is 437 g/mol. The highest BCUT2D eigenvalue weighted by Gasteiger charge is 2.24. The van der Waals surface area contributed by atoms with Gasteiger partial charge < -0.3 is 10.4 Å². The maximum atomic E-state index is 14.8. The number of rotatable bonds is 5. The van der Waals surface area contributed by atoms with E-state index in [-0.39, 0.29) is 29.0 Å². The summed E-state index contributed by atoms with van der Waals surface area (Å²) < 4.78 is 29.2. The van der Waals surface area contributed by atoms with Crippen LogP contribution >= 0.6 is 0 Å². The van der Waals surface area contributed by atoms with Crippen LogP contribution in [-0.2, 0) is 6.42 Å². The standard InChI is InChI=1S/C25H25F2N3O2/c1-2-15-8-11-19(26)23(24(15)27)20-4-3-5-21(29-20)25(32)30-22-14-28-13-12-18(22)16-6-9-17(31)10-7-16/h3-5,8,11-14,16-17,31H,2,6-7,9-10H2,1H3,(H,30,32)/t16-,17-. The Morgan fingerprint density at radius 2 is 1.91 bits per heavy atom. The average Bonchev–Trinajstić information content (AvgIpc) is 2.80. The van der Waals surface area contributed by atoms with E-state index in [1.165, 1.54) is 24.3 Å². The third-order valence-corrected chi connectivity index (χ3v) is 6.03. The molecular weight excluding hydrogens is 412 g/mol. The van der Waals surface area contributed by atoms with E-state index in [9.17, 15) is 18.7 Å². The van der Waals surface area contributed by atoms with Gasteiger partial charge in [0.2, 0.25) is 0 Å². The summed E-state index contributed by atoms with van der Waals surface area (Å²) in [5.41, 5.74) is 1.81. The van der Waals surface area contributed by atoms with Crippen molar-refractivity contribution in [1.29, 1.82) is 0 Å². The fraction of sp³-hybridized carbons (Fsp3) is 0.320. The normalized spacial score (nSPS) is 18.4. The molecule has 1 amide bonds. The fourth-order valence-corrected chi connectivity index (χ4v) is 4.24. The third kappa shape index (κ3) is 4.53. The van der Waals surface area contributed by atoms with E-state index in [0.29, 0.717) is 17.7 Å². The Hall–Kier alpha value is -3.19. The van der Waals surface area contributed by atoms with Gasteiger partial charge in [0.15, 0.2) is 0 Å². The smallest absolute Gasteiger partial charge is 0.274 e. The Kier molecular flexibility index (Phi) is 6.55. The minimum atomic E-state index is -0.723. The minimum absolute atomic E-state index is 0.0528. The van der Waals surface area contributed by atoms with Crippen molar-refractivity contribution in [3.05, 3.63) is 77.2 Å². The summed E-state index contributed by atoms with van der Waals surface area (Å²) in [6, 6.07) is 9.06. The predicted octanol–water partition coefficient (Wildman–Crippen LogP) is 5.26. The van der Waals surface area contributed by atoms with Crippen molar-refractivity contribution in [2.24, 2.45) is 0 Å². The van der Waals surface area contributed by atoms with Crippen molar-refractivity contribution in [2.75, 3.05) is 5.32 Å². The summed E-state index contributed by atoms with van der Waals surface area (Å²) in [5, 5.41) is 12.6. The van der Waals surface area contributed by atoms with Crippen molar-refractivity contribution in [3.63, 3.8) is 0 Å². The first-order valence-corrected chi connectivity index (χ1v) is 10.9. The molecule has 32 heavy (non-hydrogen) atoms. The van der Waals surface area contributed by atoms with Gasteiger partial charge in [0.05, 0.1) is 29.2 Å². The molecule has 0 bridgehead atoms. The number of benzene rings is 1. The molecule has 5 nitrogen and oxygen atoms in total. The molecule has 1 aliphatic rings. The Morgan fingerprint density at radius 1 is 1.12 bits per heavy atom. The zero-order valence-electron chi connectivity index (χ0n) is 17.8. The predicted molar refractivity (Wildman–Crippen MR) is 118 cm³/mol. The topological polar surface area (TPSA) is 75.1 Å². The number of hydrogen-bond donors (Lipinski definition) is 2. The van der Waals surface area contributed by atoms with E-state index in [1.807, 2.05) is 6.07 Å². The minimum Gasteiger partial charge on any atom is -0.393 e. The molecule has 0 unspecified atom stereocenters. The van der Waals surface area contributed by atoms with Crippen LogP contribution in [0, 0.1) is 11.6 Å². The largest absolute Gasteiger partial charge is 0.393 e. The van der Waals surface area contributed by atoms with Gasteiger partial charge in [-0.05, 0) is 73.4 Å². The lowest BCUT2D eigenvalue weighted by Gasteiger charge is -2.27. The molecule has 7 heteroatoms. The second kappa shape index (κ2) is 9.53. The summed E-state index contributed by atoms with van der Waals surface area (Å²) >= 11 is 0. The van der Waals surface area contributed by atoms with Gasteiger partial charge in [-0.2, -0.15) is 0 Å². The summed E-state index contributed by atoms with van der Waals surface area (Å²) in [6.07, 6.45) is 6.51. The van der Waals surface area contributed by atoms with Gasteiger partial charge in [0.25, 0.3) is 5.91 Å². The number of amides is 1. The maximum Gasteiger partial charge on any atom is 0.274 e. The van der Waals surface area contributed by atoms with E-state index in [1.54, 1.807) is 25.4 Å². The van der Waals surface area contributed by atoms with Gasteiger partial charge in [-0.1, -0.05) is 19.1 Å². The zero-order valence-corrected chi connectivity index (χ0v) is 17.8. The molecule has 0 atom stereocenters. The summed E-state index contributed by atoms with van der Waals surface area (Å²) in [5.74, 6) is -1.65. The van der Waals surface area contributed by atoms with E-state index in [2.05, 4.69) is 15.3 Å². The van der Waals surface area contributed by atoms with Gasteiger partial charge in [0.1, 0.15) is 17.3 Å². The van der Waals surface area contributed by atoms with Crippen molar-refractivity contribution in [3.8, 4) is 11.3 Å². The molecule has 3 aromatic rings. The number of aryl methyl sites for hydroxylation is 1. The molecule has 1 saturated carbocycles. The van der Waals surface area contributed by atoms with E-state index in [4.69, 9.17) is 0 Å². The van der Waals surface area contributed by atoms with Gasteiger partial charge >= 0.3 is 0 Å². The molecule has 2 N–H and O–H groups in total. The SMILES string of the molecule is CCc1ccc(F)c(-c2cccc(C(=O)Nc3cnccc3[C@H]3CC[C@H](O)CC3)n2)c1F. The number of pyridine rings is 2. The number of carbonyl (C=O) groups excluding carboxylic acids is 1. The second-order valence-electron chi connectivity index (χ2n) is 8.08. The lowest BCUT2D eigenvalue weighted by atomic mass is 9.82. The van der Waals surface area contributed by atoms with Crippen molar-refractivity contribution in [2.45, 2.75) is 51.0 Å². The summed E-state index contributed by atoms with van der Waals surface area (Å²) in [4.78, 5) is 21.3. The number of nitrogens with one attached hydrogen (secondary N) is 1. The van der Waals surface area contributed by atoms with E-state index in [0.717, 1.165) is 31.2 Å². The average molecular weight is 437 g/mol. The number of aliphatic hydroxyl groups is 1. The first kappa shape index (κ1) is 22.0. The van der Waals surface area contributed by atoms with Crippen molar-refractivity contribution < 1.29 is 18.7 Å². The molecule has 1 aromatic carbocycles. The molecule has 0 spiro atoms. The second-order valence-corrected chi connectivity index (χ2v) is 8.08. The van der Waals surface area contributed by atoms with Crippen LogP contribution in [0.2, 0.25) is 0 Å². The van der Waals surface area contributed by atoms with Crippen LogP contribution in [0.15, 0.2) is 48.8 Å². The number of nitrogens with zero attached hydrogens (tertiary/aromatic N) is 2. The molecule has 2 heterocycles. The number of aromatic nitrogens is 2. The quantitative estimate of drug-likeness (QED) is 0.571. The van der Waals surface area contributed by atoms with Crippen LogP contribution in [0.3, 0.4) is 0 Å². The lowest BCUT2D eigenvalue weighted by molar-refractivity contribution is 0.102. The van der Waals surface area contributed by atoms with Crippen LogP contribution < -0.4 is 5.32 Å². The first-order chi connectivity index (χ1) is 15.5. The van der Waals surface area contributed by atoms with Gasteiger partial charge in [-0.25, -0.2) is 13.8 Å². The fourth-order valence-electron chi connectivity index (χ4n) is 4.24. The lowest BCUT2D eigenvalue weighted by Crippen LogP contribution is -2.20. The molecule has 166 valence electrons. The molecule has 0 aliphatic heterocycles. The molecule has 0 radical (unpaired) electrons. The van der Waals surface area contributed by atoms with Crippen LogP contribution in [0.1, 0.15) is 60.1 Å². The van der Waals surface area contributed by atoms with Crippen LogP contribution in [0.5, 0.6) is 0 Å². The maximum absolute atomic E-state index is 14.8. The molecular formula is C25H25F2N3O2. The number of hydrogen-bond acceptors (Lipinski definition) is 4. The number of aliphatic hydroxyl groups excluding tert-OH is 1. The van der Waals surface area contributed by atoms with Crippen LogP contribution in [-0.4, -0.2) is 27.1 Å². The highest BCUT2D eigenvalue weighted by Crippen LogP contribution is 2.36. The Bertz CT molecular complexity index is 1130. The highest BCUT2D eigenvalue weighted by molar-refractivity contribution is 6.03. The van der Waals surface area contributed by atoms with Crippen molar-refractivity contribution in [1.82, 2.24) is 9.97 Å². The molecule has 1 aliphatic carbocycles. The molecule has 1 fully saturated rings. The molecule has 2 aromatic heterocycles. The number of halogens is 2. The summed E-state index contributed by atoms with van der Waals surface area (Å²) in [6.45, 7) is 1.79. The first-order valence-electron chi connectivity index (χ1n) is 10.9. The number of anilines is 1. The Labute approximate surface area is 185 Å². The van der Waals surface area contributed by atoms with Gasteiger partial charge in [0, 0.05) is 6.20 Å². The summed E-state index contributed by atoms with van der Waals surface area (Å²) in [7, 11) is 0. The zero-order chi connectivity index (χ0) is 22.7. The van der Waals surface area contributed by atoms with E-state index < -0.39 is 17.5 Å². The third-order valence-electron chi connectivity index (χ3n) is 6.03. The van der Waals surface area contributed by atoms with Crippen LogP contribution in [0.4, 0.5) is 14.5 Å². The van der Waals surface area contributed by atoms with E-state index >= 15 is 0 Å². The number of carbonyl (C=O) groups is 1. The van der Waals surface area contributed by atoms with Crippen LogP contribution in [0.25, 0.3) is 11.3 Å². The molecule has 0 saturated heterocycles. The Morgan fingerprint density at radius 3 is 2.66 bits per heavy atom. The van der Waals surface area contributed by atoms with Crippen molar-refractivity contribution >= 4 is 11.6 Å². The van der Waals surface area contributed by atoms with Gasteiger partial charge in [-0.3, -0.25) is 9.78 Å². The highest BCUT2D eigenvalue weighted by atomic mass is 19.1. The molecule has 4 rings (SSSR count). The Balaban J connectivity index is 1.61.